The van der Waals surface area contributed by atoms with Crippen LogP contribution in [0.2, 0.25) is 0 Å². The van der Waals surface area contributed by atoms with Gasteiger partial charge in [-0.25, -0.2) is 0 Å². The van der Waals surface area contributed by atoms with Crippen LogP contribution in [0, 0.1) is 11.8 Å². The molecule has 0 unspecified atom stereocenters. The van der Waals surface area contributed by atoms with Gasteiger partial charge in [-0.15, -0.1) is 0 Å². The molecule has 0 aromatic carbocycles. The summed E-state index contributed by atoms with van der Waals surface area (Å²) in [4.78, 5) is 2.67. The van der Waals surface area contributed by atoms with Gasteiger partial charge in [-0.1, -0.05) is 13.3 Å². The Morgan fingerprint density at radius 3 is 2.36 bits per heavy atom. The lowest BCUT2D eigenvalue weighted by Crippen LogP contribution is -2.44. The van der Waals surface area contributed by atoms with E-state index in [0.29, 0.717) is 0 Å². The minimum atomic E-state index is 0.985. The van der Waals surface area contributed by atoms with Gasteiger partial charge in [0.25, 0.3) is 0 Å². The third-order valence-corrected chi connectivity index (χ3v) is 4.00. The molecule has 0 bridgehead atoms. The zero-order chi connectivity index (χ0) is 9.80. The fraction of sp³-hybridized carbons (Fsp3) is 1.00. The molecule has 0 saturated carbocycles. The molecular weight excluding hydrogens is 172 g/mol. The highest BCUT2D eigenvalue weighted by molar-refractivity contribution is 4.77. The van der Waals surface area contributed by atoms with E-state index >= 15 is 0 Å². The Morgan fingerprint density at radius 1 is 1.14 bits per heavy atom. The van der Waals surface area contributed by atoms with Crippen molar-refractivity contribution in [2.24, 2.45) is 11.8 Å². The molecule has 1 N–H and O–H groups in total. The van der Waals surface area contributed by atoms with Gasteiger partial charge in [0.15, 0.2) is 0 Å². The average molecular weight is 196 g/mol. The first-order chi connectivity index (χ1) is 6.88. The van der Waals surface area contributed by atoms with Crippen molar-refractivity contribution in [1.82, 2.24) is 10.2 Å². The summed E-state index contributed by atoms with van der Waals surface area (Å²) < 4.78 is 0. The maximum Gasteiger partial charge on any atom is -0.000778 e. The highest BCUT2D eigenvalue weighted by Gasteiger charge is 2.20. The zero-order valence-corrected chi connectivity index (χ0v) is 9.47. The Kier molecular flexibility index (Phi) is 3.82. The van der Waals surface area contributed by atoms with Crippen LogP contribution in [0.15, 0.2) is 0 Å². The molecule has 82 valence electrons. The summed E-state index contributed by atoms with van der Waals surface area (Å²) in [5.74, 6) is 2.01. The predicted octanol–water partition coefficient (Wildman–Crippen LogP) is 1.72. The highest BCUT2D eigenvalue weighted by Crippen LogP contribution is 2.20. The van der Waals surface area contributed by atoms with Gasteiger partial charge in [-0.05, 0) is 63.8 Å². The van der Waals surface area contributed by atoms with Crippen LogP contribution in [-0.2, 0) is 0 Å². The average Bonchev–Trinajstić information content (AvgIpc) is 2.16. The highest BCUT2D eigenvalue weighted by atomic mass is 15.1. The Balaban J connectivity index is 1.58. The lowest BCUT2D eigenvalue weighted by atomic mass is 9.93. The molecule has 0 spiro atoms. The molecule has 0 atom stereocenters. The van der Waals surface area contributed by atoms with Crippen molar-refractivity contribution in [2.45, 2.75) is 32.6 Å². The lowest BCUT2D eigenvalue weighted by molar-refractivity contribution is 0.163. The van der Waals surface area contributed by atoms with E-state index in [9.17, 15) is 0 Å². The number of rotatable bonds is 4. The third kappa shape index (κ3) is 2.71. The van der Waals surface area contributed by atoms with E-state index in [-0.39, 0.29) is 0 Å². The van der Waals surface area contributed by atoms with Crippen LogP contribution in [0.4, 0.5) is 0 Å². The van der Waals surface area contributed by atoms with E-state index in [4.69, 9.17) is 0 Å². The van der Waals surface area contributed by atoms with E-state index in [1.807, 2.05) is 0 Å². The number of hydrogen-bond donors (Lipinski definition) is 1. The molecule has 2 aliphatic heterocycles. The van der Waals surface area contributed by atoms with E-state index < -0.39 is 0 Å². The SMILES string of the molecule is CCC1CCN(CCC2CNC2)CC1. The molecule has 2 nitrogen and oxygen atoms in total. The van der Waals surface area contributed by atoms with Crippen LogP contribution in [-0.4, -0.2) is 37.6 Å². The molecule has 0 aliphatic carbocycles. The molecule has 2 rings (SSSR count). The predicted molar refractivity (Wildman–Crippen MR) is 60.4 cm³/mol. The van der Waals surface area contributed by atoms with Gasteiger partial charge >= 0.3 is 0 Å². The van der Waals surface area contributed by atoms with Crippen molar-refractivity contribution in [2.75, 3.05) is 32.7 Å². The van der Waals surface area contributed by atoms with Gasteiger partial charge in [-0.2, -0.15) is 0 Å². The van der Waals surface area contributed by atoms with Gasteiger partial charge in [0.05, 0.1) is 0 Å². The maximum absolute atomic E-state index is 3.35. The molecule has 2 fully saturated rings. The quantitative estimate of drug-likeness (QED) is 0.736. The first-order valence-corrected chi connectivity index (χ1v) is 6.31. The van der Waals surface area contributed by atoms with E-state index in [0.717, 1.165) is 11.8 Å². The van der Waals surface area contributed by atoms with E-state index in [1.165, 1.54) is 58.4 Å². The van der Waals surface area contributed by atoms with Gasteiger partial charge < -0.3 is 10.2 Å². The first-order valence-electron chi connectivity index (χ1n) is 6.31. The second-order valence-corrected chi connectivity index (χ2v) is 5.01. The number of nitrogens with zero attached hydrogens (tertiary/aromatic N) is 1. The summed E-state index contributed by atoms with van der Waals surface area (Å²) in [6.07, 6.45) is 5.70. The van der Waals surface area contributed by atoms with Crippen molar-refractivity contribution in [3.05, 3.63) is 0 Å². The zero-order valence-electron chi connectivity index (χ0n) is 9.47. The molecule has 0 aromatic heterocycles. The van der Waals surface area contributed by atoms with E-state index in [1.54, 1.807) is 0 Å². The number of likely N-dealkylation sites (tertiary alicyclic amines) is 1. The summed E-state index contributed by atoms with van der Waals surface area (Å²) in [6.45, 7) is 8.94. The molecule has 14 heavy (non-hydrogen) atoms. The van der Waals surface area contributed by atoms with Gasteiger partial charge in [0, 0.05) is 0 Å². The molecule has 2 aliphatic rings. The Morgan fingerprint density at radius 2 is 1.86 bits per heavy atom. The molecule has 2 heterocycles. The summed E-state index contributed by atoms with van der Waals surface area (Å²) >= 11 is 0. The second kappa shape index (κ2) is 5.13. The van der Waals surface area contributed by atoms with E-state index in [2.05, 4.69) is 17.1 Å². The van der Waals surface area contributed by atoms with Gasteiger partial charge in [0.2, 0.25) is 0 Å². The Bertz CT molecular complexity index is 158. The normalized spacial score (nSPS) is 26.4. The summed E-state index contributed by atoms with van der Waals surface area (Å²) in [7, 11) is 0. The Hall–Kier alpha value is -0.0800. The fourth-order valence-electron chi connectivity index (χ4n) is 2.54. The molecule has 2 saturated heterocycles. The maximum atomic E-state index is 3.35. The van der Waals surface area contributed by atoms with Crippen molar-refractivity contribution >= 4 is 0 Å². The fourth-order valence-corrected chi connectivity index (χ4v) is 2.54. The van der Waals surface area contributed by atoms with Crippen LogP contribution in [0.25, 0.3) is 0 Å². The number of piperidine rings is 1. The van der Waals surface area contributed by atoms with Crippen LogP contribution >= 0.6 is 0 Å². The minimum absolute atomic E-state index is 0.985. The summed E-state index contributed by atoms with van der Waals surface area (Å²) in [6, 6.07) is 0. The minimum Gasteiger partial charge on any atom is -0.316 e. The molecule has 0 aromatic rings. The monoisotopic (exact) mass is 196 g/mol. The number of nitrogens with one attached hydrogen (secondary N) is 1. The van der Waals surface area contributed by atoms with Crippen molar-refractivity contribution < 1.29 is 0 Å². The summed E-state index contributed by atoms with van der Waals surface area (Å²) in [5.41, 5.74) is 0. The molecule has 0 amide bonds. The third-order valence-electron chi connectivity index (χ3n) is 4.00. The largest absolute Gasteiger partial charge is 0.316 e. The van der Waals surface area contributed by atoms with Crippen molar-refractivity contribution in [3.63, 3.8) is 0 Å². The van der Waals surface area contributed by atoms with Gasteiger partial charge in [0.1, 0.15) is 0 Å². The van der Waals surface area contributed by atoms with Crippen LogP contribution < -0.4 is 5.32 Å². The van der Waals surface area contributed by atoms with Crippen LogP contribution in [0.5, 0.6) is 0 Å². The Labute approximate surface area is 88.1 Å². The molecule has 0 radical (unpaired) electrons. The smallest absolute Gasteiger partial charge is 0.000778 e. The first kappa shape index (κ1) is 10.4. The lowest BCUT2D eigenvalue weighted by Gasteiger charge is -2.34. The van der Waals surface area contributed by atoms with Crippen molar-refractivity contribution in [3.8, 4) is 0 Å². The van der Waals surface area contributed by atoms with Crippen molar-refractivity contribution in [1.29, 1.82) is 0 Å². The molecular formula is C12H24N2. The van der Waals surface area contributed by atoms with Gasteiger partial charge in [-0.3, -0.25) is 0 Å². The molecule has 2 heteroatoms. The summed E-state index contributed by atoms with van der Waals surface area (Å²) in [5, 5.41) is 3.35. The topological polar surface area (TPSA) is 15.3 Å². The van der Waals surface area contributed by atoms with Crippen LogP contribution in [0.1, 0.15) is 32.6 Å². The number of hydrogen-bond acceptors (Lipinski definition) is 2. The standard InChI is InChI=1S/C12H24N2/c1-2-11-3-6-14(7-4-11)8-5-12-9-13-10-12/h11-13H,2-10H2,1H3. The second-order valence-electron chi connectivity index (χ2n) is 5.01. The van der Waals surface area contributed by atoms with Crippen LogP contribution in [0.3, 0.4) is 0 Å².